The van der Waals surface area contributed by atoms with E-state index in [2.05, 4.69) is 26.8 Å². The van der Waals surface area contributed by atoms with Gasteiger partial charge in [0.15, 0.2) is 56.1 Å². The Morgan fingerprint density at radius 3 is 1.78 bits per heavy atom. The number of aliphatic hydroxyl groups is 20. The van der Waals surface area contributed by atoms with Crippen molar-refractivity contribution < 1.29 is 207 Å². The van der Waals surface area contributed by atoms with Gasteiger partial charge in [0.05, 0.1) is 94.0 Å². The predicted octanol–water partition coefficient (Wildman–Crippen LogP) is -4.15. The molecule has 0 aromatic rings. The number of carbonyl (C=O) groups is 5. The molecule has 740 valence electrons. The van der Waals surface area contributed by atoms with Gasteiger partial charge in [-0.15, -0.1) is 0 Å². The highest BCUT2D eigenvalue weighted by atomic mass is 16.8. The van der Waals surface area contributed by atoms with Gasteiger partial charge in [-0.1, -0.05) is 93.7 Å². The van der Waals surface area contributed by atoms with Crippen LogP contribution in [0.1, 0.15) is 179 Å². The van der Waals surface area contributed by atoms with Gasteiger partial charge < -0.3 is 188 Å². The molecule has 0 bridgehead atoms. The molecule has 0 spiro atoms. The standard InChI is InChI=1S/C87H140O42/c1-13-35(3)43(93)23-39(91)25-52(97)119-46(36(4)14-2)24-40(92)26-53(98)122-65-38(6)118-77(69(61(65)106)127-75-60(105)57(102)64(37(5)117-75)123-74-63(108)66(45(95)31-115-74)124-79-71(109)86(113,33-90)34-116-79)129-80(112)87-22-21-81(7,8)27-42(87)41-15-16-49-82(9)19-18-51(83(10,32-89)48(82)17-20-84(49,11)85(41,12)28-50(87)96)121-78-70(128-76-59(104)56(101)55(100)47(29-88)120-76)67(62(107)68(126-78)72(110)111)125-73-58(103)54(99)44(94)30-114-73/h15,32,35-40,42-51,54-71,73-79,88,90-96,99-109,113H,13-14,16-31,33-34H2,1-12H3,(H,110,111)/t35-,36-,37?,38?,39-,40-,42?,43-,44+,45?,46-,47?,48?,49?,50+,51-,54-,55-,56-,57?,58?,59?,60-,61?,62+,63?,64-,65+,66-,67-,68?,69+,70?,71?,73-,74-,75-,76-,77-,78+,79-,82-,83-,84+,85+,86+,87+/m0/s1. The number of aliphatic hydroxyl groups excluding tert-OH is 19. The van der Waals surface area contributed by atoms with Gasteiger partial charge >= 0.3 is 23.9 Å². The van der Waals surface area contributed by atoms with Gasteiger partial charge in [0.2, 0.25) is 6.29 Å². The molecule has 47 atom stereocenters. The zero-order valence-corrected chi connectivity index (χ0v) is 74.9. The molecule has 0 radical (unpaired) electrons. The lowest BCUT2D eigenvalue weighted by Crippen LogP contribution is -2.69. The third-order valence-electron chi connectivity index (χ3n) is 31.5. The largest absolute Gasteiger partial charge is 0.479 e. The second-order valence-corrected chi connectivity index (χ2v) is 40.3. The van der Waals surface area contributed by atoms with Crippen molar-refractivity contribution >= 4 is 30.2 Å². The highest BCUT2D eigenvalue weighted by Crippen LogP contribution is 2.76. The maximum atomic E-state index is 16.3. The first-order valence-corrected chi connectivity index (χ1v) is 45.4. The summed E-state index contributed by atoms with van der Waals surface area (Å²) >= 11 is 0. The van der Waals surface area contributed by atoms with E-state index in [-0.39, 0.29) is 49.9 Å². The summed E-state index contributed by atoms with van der Waals surface area (Å²) in [6.07, 6.45) is -59.7. The molecule has 0 aromatic carbocycles. The molecule has 7 saturated heterocycles. The van der Waals surface area contributed by atoms with Crippen LogP contribution in [0.4, 0.5) is 0 Å². The highest BCUT2D eigenvalue weighted by molar-refractivity contribution is 5.80. The van der Waals surface area contributed by atoms with Crippen LogP contribution < -0.4 is 0 Å². The van der Waals surface area contributed by atoms with Crippen LogP contribution in [0.2, 0.25) is 0 Å². The normalized spacial score (nSPS) is 48.4. The number of hydrogen-bond donors (Lipinski definition) is 21. The van der Waals surface area contributed by atoms with Gasteiger partial charge in [-0.2, -0.15) is 0 Å². The van der Waals surface area contributed by atoms with Crippen molar-refractivity contribution in [2.45, 2.75) is 406 Å². The van der Waals surface area contributed by atoms with Crippen LogP contribution >= 0.6 is 0 Å². The molecule has 11 fully saturated rings. The fraction of sp³-hybridized carbons (Fsp3) is 0.920. The topological polar surface area (TPSA) is 658 Å². The molecule has 0 aromatic heterocycles. The molecule has 0 amide bonds. The number of aliphatic carboxylic acids is 1. The number of carbonyl (C=O) groups excluding carboxylic acids is 4. The van der Waals surface area contributed by atoms with Gasteiger partial charge in [0.25, 0.3) is 0 Å². The lowest BCUT2D eigenvalue weighted by atomic mass is 9.33. The van der Waals surface area contributed by atoms with E-state index >= 15 is 4.79 Å². The molecule has 42 heteroatoms. The minimum absolute atomic E-state index is 0.0312. The third kappa shape index (κ3) is 20.1. The molecule has 7 aliphatic heterocycles. The Balaban J connectivity index is 0.805. The van der Waals surface area contributed by atoms with Crippen LogP contribution in [0.3, 0.4) is 0 Å². The van der Waals surface area contributed by atoms with Gasteiger partial charge in [-0.05, 0) is 123 Å². The van der Waals surface area contributed by atoms with E-state index in [1.807, 2.05) is 27.7 Å². The van der Waals surface area contributed by atoms with Gasteiger partial charge in [-0.25, -0.2) is 4.79 Å². The zero-order chi connectivity index (χ0) is 94.9. The molecule has 5 aliphatic carbocycles. The molecule has 7 heterocycles. The Bertz CT molecular complexity index is 3810. The second kappa shape index (κ2) is 40.9. The number of hydrogen-bond acceptors (Lipinski definition) is 41. The molecule has 12 aliphatic rings. The smallest absolute Gasteiger partial charge is 0.335 e. The Morgan fingerprint density at radius 1 is 0.543 bits per heavy atom. The molecular formula is C87H140O42. The quantitative estimate of drug-likeness (QED) is 0.00999. The van der Waals surface area contributed by atoms with E-state index in [4.69, 9.17) is 75.8 Å². The summed E-state index contributed by atoms with van der Waals surface area (Å²) < 4.78 is 96.5. The summed E-state index contributed by atoms with van der Waals surface area (Å²) in [5.74, 6) is -6.88. The minimum atomic E-state index is -2.26. The number of carboxylic acids is 1. The second-order valence-electron chi connectivity index (χ2n) is 40.3. The molecule has 4 saturated carbocycles. The van der Waals surface area contributed by atoms with Crippen LogP contribution in [-0.2, 0) is 99.8 Å². The summed E-state index contributed by atoms with van der Waals surface area (Å²) in [5.41, 5.74) is -7.56. The average Bonchev–Trinajstić information content (AvgIpc) is 0.989. The first kappa shape index (κ1) is 104. The van der Waals surface area contributed by atoms with Gasteiger partial charge in [-0.3, -0.25) is 14.4 Å². The van der Waals surface area contributed by atoms with Crippen molar-refractivity contribution in [1.82, 2.24) is 0 Å². The van der Waals surface area contributed by atoms with Crippen LogP contribution in [0.5, 0.6) is 0 Å². The van der Waals surface area contributed by atoms with Gasteiger partial charge in [0, 0.05) is 12.8 Å². The maximum Gasteiger partial charge on any atom is 0.335 e. The molecule has 129 heavy (non-hydrogen) atoms. The number of ether oxygens (including phenoxy) is 16. The first-order chi connectivity index (χ1) is 60.5. The molecule has 21 N–H and O–H groups in total. The Labute approximate surface area is 747 Å². The van der Waals surface area contributed by atoms with Crippen molar-refractivity contribution in [3.05, 3.63) is 11.6 Å². The van der Waals surface area contributed by atoms with Crippen LogP contribution in [0, 0.1) is 62.1 Å². The van der Waals surface area contributed by atoms with Crippen LogP contribution in [0.15, 0.2) is 11.6 Å². The number of allylic oxidation sites excluding steroid dienone is 2. The number of fused-ring (bicyclic) bond motifs is 7. The lowest BCUT2D eigenvalue weighted by molar-refractivity contribution is -0.391. The summed E-state index contributed by atoms with van der Waals surface area (Å²) in [4.78, 5) is 71.3. The lowest BCUT2D eigenvalue weighted by Gasteiger charge is -2.71. The highest BCUT2D eigenvalue weighted by Gasteiger charge is 2.74. The summed E-state index contributed by atoms with van der Waals surface area (Å²) in [5, 5.41) is 235. The number of rotatable bonds is 32. The van der Waals surface area contributed by atoms with Crippen molar-refractivity contribution in [3.63, 3.8) is 0 Å². The molecule has 42 nitrogen and oxygen atoms in total. The SMILES string of the molecule is CC[C@H](C)[C@H](C[C@H](O)CC(=O)O[C@@H]1C(C)O[C@@H](OC(=O)[C@]23CCC(C)(C)CC2C2=CCC4[C@@]5(C)CC[C@H](O[C@@H]6OC(C(=O)O)[C@H](O)[C@H](O[C@@H]7OC[C@@H](O)[C@H](O)C7O)C6O[C@@H]6OC(CO)[C@H](O)[C@H](O)C6O)[C@@](C)(C=O)C5CC[C@@]4(C)[C@]2(C)C[C@H]3O)[C@H](O[C@@H]2OC(C)[C@H](O[C@@H]3OCC(O)[C@H](O[C@@H]4OC[C@](O)(CO)C4O)C3O)C(O)[C@@H]2O)C1O)OC(=O)C[C@@H](O)C[C@H](O)[C@@H](C)CC. The van der Waals surface area contributed by atoms with E-state index in [0.29, 0.717) is 51.4 Å². The Morgan fingerprint density at radius 2 is 1.13 bits per heavy atom. The third-order valence-corrected chi connectivity index (χ3v) is 31.5. The predicted molar refractivity (Wildman–Crippen MR) is 431 cm³/mol. The van der Waals surface area contributed by atoms with Crippen molar-refractivity contribution in [3.8, 4) is 0 Å². The zero-order valence-electron chi connectivity index (χ0n) is 74.9. The van der Waals surface area contributed by atoms with E-state index in [1.54, 1.807) is 20.8 Å². The summed E-state index contributed by atoms with van der Waals surface area (Å²) in [6, 6.07) is 0. The van der Waals surface area contributed by atoms with Crippen molar-refractivity contribution in [1.29, 1.82) is 0 Å². The average molecular weight is 1860 g/mol. The molecule has 15 unspecified atom stereocenters. The van der Waals surface area contributed by atoms with Crippen molar-refractivity contribution in [2.75, 3.05) is 33.0 Å². The van der Waals surface area contributed by atoms with E-state index < -0.39 is 341 Å². The minimum Gasteiger partial charge on any atom is -0.479 e. The Kier molecular flexibility index (Phi) is 33.0. The van der Waals surface area contributed by atoms with E-state index in [9.17, 15) is 126 Å². The van der Waals surface area contributed by atoms with E-state index in [1.165, 1.54) is 13.8 Å². The number of aldehydes is 1. The van der Waals surface area contributed by atoms with Crippen LogP contribution in [-0.4, -0.2) is 397 Å². The Hall–Kier alpha value is -4.03. The fourth-order valence-electron chi connectivity index (χ4n) is 22.8. The molecular weight excluding hydrogens is 1720 g/mol. The van der Waals surface area contributed by atoms with Crippen LogP contribution in [0.25, 0.3) is 0 Å². The monoisotopic (exact) mass is 1860 g/mol. The fourth-order valence-corrected chi connectivity index (χ4v) is 22.8. The number of esters is 3. The molecule has 12 rings (SSSR count). The maximum absolute atomic E-state index is 16.3. The van der Waals surface area contributed by atoms with Crippen molar-refractivity contribution in [2.24, 2.45) is 62.1 Å². The summed E-state index contributed by atoms with van der Waals surface area (Å²) in [6.45, 7) is 18.4. The first-order valence-electron chi connectivity index (χ1n) is 45.4. The summed E-state index contributed by atoms with van der Waals surface area (Å²) in [7, 11) is 0. The van der Waals surface area contributed by atoms with Gasteiger partial charge in [0.1, 0.15) is 133 Å². The number of carboxylic acid groups (broad SMARTS) is 1. The van der Waals surface area contributed by atoms with E-state index in [0.717, 1.165) is 11.9 Å².